The zero-order valence-corrected chi connectivity index (χ0v) is 13.8. The largest absolute Gasteiger partial charge is 0.396 e. The maximum Gasteiger partial charge on any atom is 0.305 e. The van der Waals surface area contributed by atoms with E-state index in [2.05, 4.69) is 6.92 Å². The van der Waals surface area contributed by atoms with Gasteiger partial charge in [0.15, 0.2) is 0 Å². The molecule has 0 aromatic rings. The van der Waals surface area contributed by atoms with Crippen LogP contribution in [0.2, 0.25) is 0 Å². The van der Waals surface area contributed by atoms with Gasteiger partial charge in [-0.2, -0.15) is 4.21 Å². The van der Waals surface area contributed by atoms with E-state index in [1.54, 1.807) is 0 Å². The Kier molecular flexibility index (Phi) is 3.98. The first-order valence-electron chi connectivity index (χ1n) is 7.89. The summed E-state index contributed by atoms with van der Waals surface area (Å²) in [6.07, 6.45) is 2.54. The molecule has 1 aliphatic heterocycles. The summed E-state index contributed by atoms with van der Waals surface area (Å²) < 4.78 is 23.3. The first-order chi connectivity index (χ1) is 9.82. The number of rotatable bonds is 2. The number of aliphatic hydroxyl groups is 2. The van der Waals surface area contributed by atoms with Crippen molar-refractivity contribution < 1.29 is 22.8 Å². The van der Waals surface area contributed by atoms with Gasteiger partial charge >= 0.3 is 11.4 Å². The van der Waals surface area contributed by atoms with E-state index in [0.29, 0.717) is 12.8 Å². The number of hydrogen-bond acceptors (Lipinski definition) is 5. The van der Waals surface area contributed by atoms with Crippen LogP contribution in [0.25, 0.3) is 0 Å². The molecule has 1 saturated heterocycles. The van der Waals surface area contributed by atoms with Crippen molar-refractivity contribution in [3.05, 3.63) is 0 Å². The third kappa shape index (κ3) is 2.30. The van der Waals surface area contributed by atoms with E-state index in [0.717, 1.165) is 12.8 Å². The van der Waals surface area contributed by atoms with Gasteiger partial charge in [-0.05, 0) is 44.4 Å². The third-order valence-corrected chi connectivity index (χ3v) is 7.17. The van der Waals surface area contributed by atoms with Crippen molar-refractivity contribution in [1.82, 2.24) is 0 Å². The van der Waals surface area contributed by atoms with Gasteiger partial charge in [-0.1, -0.05) is 13.8 Å². The van der Waals surface area contributed by atoms with Gasteiger partial charge in [0.25, 0.3) is 0 Å². The standard InChI is InChI=1S/C15H26O5S/c1-9(8-16)10-4-6-14(2)11(17)5-7-15(3)13(14)12(10)19-21(18)20-15/h9-13,16-17H,4-8H2,1-3H3/t9-,10+,11-,12?,13?,14+,15-,21-/m1/s1. The average molecular weight is 318 g/mol. The summed E-state index contributed by atoms with van der Waals surface area (Å²) in [6, 6.07) is 0. The van der Waals surface area contributed by atoms with Gasteiger partial charge in [-0.25, -0.2) is 0 Å². The van der Waals surface area contributed by atoms with E-state index in [1.807, 2.05) is 13.8 Å². The molecule has 8 atom stereocenters. The van der Waals surface area contributed by atoms with Crippen molar-refractivity contribution in [3.63, 3.8) is 0 Å². The lowest BCUT2D eigenvalue weighted by atomic mass is 9.50. The molecular formula is C15H26O5S. The molecule has 122 valence electrons. The van der Waals surface area contributed by atoms with E-state index in [9.17, 15) is 14.4 Å². The Bertz CT molecular complexity index is 444. The summed E-state index contributed by atoms with van der Waals surface area (Å²) in [6.45, 7) is 6.21. The molecule has 5 nitrogen and oxygen atoms in total. The topological polar surface area (TPSA) is 76.0 Å². The van der Waals surface area contributed by atoms with Gasteiger partial charge in [0.2, 0.25) is 0 Å². The molecule has 2 aliphatic carbocycles. The average Bonchev–Trinajstić information content (AvgIpc) is 2.42. The SMILES string of the molecule is C[C@H](CO)[C@@H]1CC[C@]2(C)C3C1O[S@@](=O)O[C@]3(C)CC[C@H]2O. The lowest BCUT2D eigenvalue weighted by molar-refractivity contribution is -0.224. The van der Waals surface area contributed by atoms with E-state index in [-0.39, 0.29) is 42.0 Å². The molecular weight excluding hydrogens is 292 g/mol. The minimum absolute atomic E-state index is 0.0131. The molecule has 21 heavy (non-hydrogen) atoms. The van der Waals surface area contributed by atoms with Crippen molar-refractivity contribution in [2.45, 2.75) is 64.3 Å². The fourth-order valence-corrected chi connectivity index (χ4v) is 5.95. The van der Waals surface area contributed by atoms with Crippen LogP contribution in [-0.2, 0) is 19.7 Å². The fourth-order valence-electron chi connectivity index (χ4n) is 4.98. The molecule has 0 radical (unpaired) electrons. The van der Waals surface area contributed by atoms with Gasteiger partial charge in [-0.3, -0.25) is 8.37 Å². The maximum atomic E-state index is 12.0. The maximum absolute atomic E-state index is 12.0. The first-order valence-corrected chi connectivity index (χ1v) is 8.89. The van der Waals surface area contributed by atoms with Crippen LogP contribution in [0.15, 0.2) is 0 Å². The highest BCUT2D eigenvalue weighted by atomic mass is 32.2. The van der Waals surface area contributed by atoms with Crippen LogP contribution in [-0.4, -0.2) is 38.8 Å². The molecule has 2 saturated carbocycles. The molecule has 6 heteroatoms. The Hall–Kier alpha value is -0.0100. The van der Waals surface area contributed by atoms with Crippen LogP contribution >= 0.6 is 0 Å². The molecule has 0 aromatic carbocycles. The second-order valence-electron chi connectivity index (χ2n) is 7.56. The van der Waals surface area contributed by atoms with Crippen molar-refractivity contribution in [2.75, 3.05) is 6.61 Å². The van der Waals surface area contributed by atoms with Crippen LogP contribution in [0.3, 0.4) is 0 Å². The van der Waals surface area contributed by atoms with Crippen LogP contribution in [0, 0.1) is 23.2 Å². The summed E-state index contributed by atoms with van der Waals surface area (Å²) >= 11 is -1.74. The van der Waals surface area contributed by atoms with Gasteiger partial charge in [-0.15, -0.1) is 0 Å². The van der Waals surface area contributed by atoms with E-state index in [4.69, 9.17) is 8.37 Å². The fraction of sp³-hybridized carbons (Fsp3) is 1.00. The van der Waals surface area contributed by atoms with E-state index in [1.165, 1.54) is 0 Å². The van der Waals surface area contributed by atoms with E-state index >= 15 is 0 Å². The Labute approximate surface area is 128 Å². The van der Waals surface area contributed by atoms with Crippen LogP contribution < -0.4 is 0 Å². The minimum atomic E-state index is -1.74. The smallest absolute Gasteiger partial charge is 0.305 e. The van der Waals surface area contributed by atoms with Crippen LogP contribution in [0.1, 0.15) is 46.5 Å². The van der Waals surface area contributed by atoms with Gasteiger partial charge in [0.05, 0.1) is 17.8 Å². The predicted molar refractivity (Wildman–Crippen MR) is 78.3 cm³/mol. The Morgan fingerprint density at radius 2 is 2.05 bits per heavy atom. The van der Waals surface area contributed by atoms with Crippen molar-refractivity contribution in [2.24, 2.45) is 23.2 Å². The Morgan fingerprint density at radius 3 is 2.71 bits per heavy atom. The van der Waals surface area contributed by atoms with Crippen molar-refractivity contribution in [3.8, 4) is 0 Å². The van der Waals surface area contributed by atoms with Crippen molar-refractivity contribution >= 4 is 11.4 Å². The molecule has 0 spiro atoms. The summed E-state index contributed by atoms with van der Waals surface area (Å²) in [5.74, 6) is 0.266. The van der Waals surface area contributed by atoms with Gasteiger partial charge in [0, 0.05) is 17.9 Å². The molecule has 3 aliphatic rings. The normalized spacial score (nSPS) is 54.8. The summed E-state index contributed by atoms with van der Waals surface area (Å²) in [5, 5.41) is 20.1. The van der Waals surface area contributed by atoms with Crippen molar-refractivity contribution in [1.29, 1.82) is 0 Å². The minimum Gasteiger partial charge on any atom is -0.396 e. The zero-order valence-electron chi connectivity index (χ0n) is 12.9. The van der Waals surface area contributed by atoms with Crippen LogP contribution in [0.4, 0.5) is 0 Å². The molecule has 3 rings (SSSR count). The van der Waals surface area contributed by atoms with Gasteiger partial charge < -0.3 is 10.2 Å². The predicted octanol–water partition coefficient (Wildman–Crippen LogP) is 1.55. The summed E-state index contributed by atoms with van der Waals surface area (Å²) in [5.41, 5.74) is -0.788. The Balaban J connectivity index is 2.01. The second kappa shape index (κ2) is 5.27. The first kappa shape index (κ1) is 15.9. The van der Waals surface area contributed by atoms with Crippen LogP contribution in [0.5, 0.6) is 0 Å². The lowest BCUT2D eigenvalue weighted by Gasteiger charge is -2.62. The van der Waals surface area contributed by atoms with Gasteiger partial charge in [0.1, 0.15) is 0 Å². The quantitative estimate of drug-likeness (QED) is 0.808. The molecule has 3 fully saturated rings. The summed E-state index contributed by atoms with van der Waals surface area (Å²) in [7, 11) is 0. The van der Waals surface area contributed by atoms with E-state index < -0.39 is 17.0 Å². The highest BCUT2D eigenvalue weighted by Gasteiger charge is 2.64. The Morgan fingerprint density at radius 1 is 1.33 bits per heavy atom. The summed E-state index contributed by atoms with van der Waals surface area (Å²) in [4.78, 5) is 0. The highest BCUT2D eigenvalue weighted by Crippen LogP contribution is 2.60. The molecule has 2 unspecified atom stereocenters. The second-order valence-corrected chi connectivity index (χ2v) is 8.33. The molecule has 2 N–H and O–H groups in total. The zero-order chi connectivity index (χ0) is 15.4. The molecule has 0 aromatic heterocycles. The molecule has 0 amide bonds. The molecule has 1 heterocycles. The molecule has 0 bridgehead atoms. The lowest BCUT2D eigenvalue weighted by Crippen LogP contribution is -2.67. The number of aliphatic hydroxyl groups excluding tert-OH is 2. The third-order valence-electron chi connectivity index (χ3n) is 6.28. The highest BCUT2D eigenvalue weighted by molar-refractivity contribution is 7.75. The monoisotopic (exact) mass is 318 g/mol. The number of hydrogen-bond donors (Lipinski definition) is 2.